The number of hydrogen-bond donors (Lipinski definition) is 1. The Hall–Kier alpha value is -2.40. The van der Waals surface area contributed by atoms with E-state index in [2.05, 4.69) is 0 Å². The van der Waals surface area contributed by atoms with Crippen molar-refractivity contribution in [3.63, 3.8) is 0 Å². The minimum atomic E-state index is -0.135. The molecular formula is C19H22N2O3. The van der Waals surface area contributed by atoms with Gasteiger partial charge in [0.2, 0.25) is 5.91 Å². The number of likely N-dealkylation sites (tertiary alicyclic amines) is 1. The zero-order valence-corrected chi connectivity index (χ0v) is 13.8. The predicted octanol–water partition coefficient (Wildman–Crippen LogP) is 2.50. The molecule has 1 amide bonds. The molecule has 24 heavy (non-hydrogen) atoms. The number of ketones is 1. The van der Waals surface area contributed by atoms with E-state index in [1.54, 1.807) is 17.0 Å². The first-order valence-corrected chi connectivity index (χ1v) is 8.22. The fourth-order valence-electron chi connectivity index (χ4n) is 3.13. The summed E-state index contributed by atoms with van der Waals surface area (Å²) < 4.78 is 5.65. The Bertz CT molecular complexity index is 723. The molecule has 126 valence electrons. The van der Waals surface area contributed by atoms with Crippen molar-refractivity contribution in [1.82, 2.24) is 4.90 Å². The van der Waals surface area contributed by atoms with Crippen LogP contribution in [0.2, 0.25) is 0 Å². The molecule has 0 spiro atoms. The van der Waals surface area contributed by atoms with Crippen molar-refractivity contribution < 1.29 is 14.0 Å². The van der Waals surface area contributed by atoms with E-state index >= 15 is 0 Å². The maximum atomic E-state index is 12.4. The summed E-state index contributed by atoms with van der Waals surface area (Å²) in [5.74, 6) is 1.66. The first kappa shape index (κ1) is 16.5. The third kappa shape index (κ3) is 3.57. The van der Waals surface area contributed by atoms with Gasteiger partial charge in [-0.15, -0.1) is 0 Å². The van der Waals surface area contributed by atoms with Crippen LogP contribution in [0.4, 0.5) is 0 Å². The predicted molar refractivity (Wildman–Crippen MR) is 90.7 cm³/mol. The fourth-order valence-corrected chi connectivity index (χ4v) is 3.13. The number of hydrogen-bond acceptors (Lipinski definition) is 4. The Balaban J connectivity index is 1.55. The van der Waals surface area contributed by atoms with Crippen LogP contribution in [0.5, 0.6) is 0 Å². The van der Waals surface area contributed by atoms with Gasteiger partial charge in [-0.2, -0.15) is 0 Å². The highest BCUT2D eigenvalue weighted by Gasteiger charge is 2.35. The molecular weight excluding hydrogens is 304 g/mol. The van der Waals surface area contributed by atoms with Gasteiger partial charge in [-0.05, 0) is 19.1 Å². The lowest BCUT2D eigenvalue weighted by molar-refractivity contribution is -0.130. The lowest BCUT2D eigenvalue weighted by Gasteiger charge is -2.15. The summed E-state index contributed by atoms with van der Waals surface area (Å²) in [6, 6.07) is 12.8. The quantitative estimate of drug-likeness (QED) is 0.857. The molecule has 5 nitrogen and oxygen atoms in total. The maximum Gasteiger partial charge on any atom is 0.223 e. The van der Waals surface area contributed by atoms with Gasteiger partial charge >= 0.3 is 0 Å². The minimum Gasteiger partial charge on any atom is -0.466 e. The molecule has 5 heteroatoms. The van der Waals surface area contributed by atoms with Crippen LogP contribution in [0.25, 0.3) is 0 Å². The van der Waals surface area contributed by atoms with Crippen LogP contribution < -0.4 is 5.73 Å². The van der Waals surface area contributed by atoms with Gasteiger partial charge in [-0.25, -0.2) is 0 Å². The SMILES string of the molecule is Cc1ccc([C@H]2CN(C(=O)CCC(=O)c3ccccc3)C[C@@H]2N)o1. The summed E-state index contributed by atoms with van der Waals surface area (Å²) in [4.78, 5) is 26.2. The monoisotopic (exact) mass is 326 g/mol. The second-order valence-electron chi connectivity index (χ2n) is 6.31. The third-order valence-corrected chi connectivity index (χ3v) is 4.51. The zero-order valence-electron chi connectivity index (χ0n) is 13.8. The summed E-state index contributed by atoms with van der Waals surface area (Å²) >= 11 is 0. The summed E-state index contributed by atoms with van der Waals surface area (Å²) in [7, 11) is 0. The van der Waals surface area contributed by atoms with E-state index in [0.29, 0.717) is 18.7 Å². The number of carbonyl (C=O) groups is 2. The highest BCUT2D eigenvalue weighted by atomic mass is 16.3. The molecule has 1 aromatic heterocycles. The van der Waals surface area contributed by atoms with Gasteiger partial charge in [0.15, 0.2) is 5.78 Å². The lowest BCUT2D eigenvalue weighted by atomic mass is 10.0. The van der Waals surface area contributed by atoms with Crippen LogP contribution in [-0.2, 0) is 4.79 Å². The van der Waals surface area contributed by atoms with Gasteiger partial charge in [0.1, 0.15) is 11.5 Å². The van der Waals surface area contributed by atoms with E-state index in [0.717, 1.165) is 11.5 Å². The van der Waals surface area contributed by atoms with Crippen molar-refractivity contribution in [3.8, 4) is 0 Å². The molecule has 1 fully saturated rings. The number of nitrogens with two attached hydrogens (primary N) is 1. The van der Waals surface area contributed by atoms with Crippen LogP contribution in [0.15, 0.2) is 46.9 Å². The average Bonchev–Trinajstić information content (AvgIpc) is 3.18. The molecule has 0 saturated carbocycles. The molecule has 0 radical (unpaired) electrons. The van der Waals surface area contributed by atoms with Crippen molar-refractivity contribution in [1.29, 1.82) is 0 Å². The van der Waals surface area contributed by atoms with Crippen molar-refractivity contribution in [3.05, 3.63) is 59.5 Å². The second-order valence-corrected chi connectivity index (χ2v) is 6.31. The van der Waals surface area contributed by atoms with Gasteiger partial charge in [0, 0.05) is 37.5 Å². The molecule has 0 aliphatic carbocycles. The van der Waals surface area contributed by atoms with E-state index in [-0.39, 0.29) is 36.5 Å². The number of aryl methyl sites for hydroxylation is 1. The van der Waals surface area contributed by atoms with Gasteiger partial charge in [-0.3, -0.25) is 9.59 Å². The van der Waals surface area contributed by atoms with Gasteiger partial charge in [0.05, 0.1) is 5.92 Å². The summed E-state index contributed by atoms with van der Waals surface area (Å²) in [6.45, 7) is 2.94. The van der Waals surface area contributed by atoms with E-state index < -0.39 is 0 Å². The first-order valence-electron chi connectivity index (χ1n) is 8.22. The Labute approximate surface area is 141 Å². The van der Waals surface area contributed by atoms with E-state index in [1.165, 1.54) is 0 Å². The lowest BCUT2D eigenvalue weighted by Crippen LogP contribution is -2.32. The van der Waals surface area contributed by atoms with Gasteiger partial charge < -0.3 is 15.1 Å². The number of carbonyl (C=O) groups excluding carboxylic acids is 2. The van der Waals surface area contributed by atoms with Crippen LogP contribution in [0.3, 0.4) is 0 Å². The normalized spacial score (nSPS) is 20.3. The fraction of sp³-hybridized carbons (Fsp3) is 0.368. The van der Waals surface area contributed by atoms with Crippen molar-refractivity contribution in [2.45, 2.75) is 31.7 Å². The van der Waals surface area contributed by atoms with Crippen molar-refractivity contribution in [2.75, 3.05) is 13.1 Å². The second kappa shape index (κ2) is 7.01. The number of rotatable bonds is 5. The average molecular weight is 326 g/mol. The molecule has 3 rings (SSSR count). The largest absolute Gasteiger partial charge is 0.466 e. The zero-order chi connectivity index (χ0) is 17.1. The molecule has 1 aromatic carbocycles. The number of furan rings is 1. The van der Waals surface area contributed by atoms with Crippen molar-refractivity contribution >= 4 is 11.7 Å². The smallest absolute Gasteiger partial charge is 0.223 e. The molecule has 2 N–H and O–H groups in total. The van der Waals surface area contributed by atoms with E-state index in [9.17, 15) is 9.59 Å². The van der Waals surface area contributed by atoms with Crippen LogP contribution >= 0.6 is 0 Å². The molecule has 1 saturated heterocycles. The third-order valence-electron chi connectivity index (χ3n) is 4.51. The number of amides is 1. The van der Waals surface area contributed by atoms with Crippen LogP contribution in [0, 0.1) is 6.92 Å². The Kier molecular flexibility index (Phi) is 4.81. The Morgan fingerprint density at radius 2 is 1.88 bits per heavy atom. The summed E-state index contributed by atoms with van der Waals surface area (Å²) in [5.41, 5.74) is 6.82. The van der Waals surface area contributed by atoms with E-state index in [4.69, 9.17) is 10.2 Å². The topological polar surface area (TPSA) is 76.5 Å². The first-order chi connectivity index (χ1) is 11.5. The highest BCUT2D eigenvalue weighted by molar-refractivity contribution is 5.97. The molecule has 2 heterocycles. The molecule has 0 bridgehead atoms. The highest BCUT2D eigenvalue weighted by Crippen LogP contribution is 2.28. The maximum absolute atomic E-state index is 12.4. The molecule has 0 unspecified atom stereocenters. The standard InChI is InChI=1S/C19H22N2O3/c1-13-7-9-18(24-13)15-11-21(12-16(15)20)19(23)10-8-17(22)14-5-3-2-4-6-14/h2-7,9,15-16H,8,10-12,20H2,1H3/t15-,16-/m0/s1. The minimum absolute atomic E-state index is 0.00865. The summed E-state index contributed by atoms with van der Waals surface area (Å²) in [5, 5.41) is 0. The number of benzene rings is 1. The molecule has 1 aliphatic heterocycles. The summed E-state index contributed by atoms with van der Waals surface area (Å²) in [6.07, 6.45) is 0.434. The number of nitrogens with zero attached hydrogens (tertiary/aromatic N) is 1. The Morgan fingerprint density at radius 3 is 2.54 bits per heavy atom. The van der Waals surface area contributed by atoms with Gasteiger partial charge in [-0.1, -0.05) is 30.3 Å². The van der Waals surface area contributed by atoms with Crippen LogP contribution in [-0.4, -0.2) is 35.7 Å². The van der Waals surface area contributed by atoms with E-state index in [1.807, 2.05) is 37.3 Å². The van der Waals surface area contributed by atoms with Gasteiger partial charge in [0.25, 0.3) is 0 Å². The van der Waals surface area contributed by atoms with Crippen LogP contribution in [0.1, 0.15) is 40.6 Å². The molecule has 2 atom stereocenters. The van der Waals surface area contributed by atoms with Crippen molar-refractivity contribution in [2.24, 2.45) is 5.73 Å². The molecule has 2 aromatic rings. The Morgan fingerprint density at radius 1 is 1.12 bits per heavy atom. The number of Topliss-reactive ketones (excluding diaryl/α,β-unsaturated/α-hetero) is 1. The molecule has 1 aliphatic rings.